The average molecular weight is 237 g/mol. The molecule has 0 saturated heterocycles. The first kappa shape index (κ1) is 9.90. The van der Waals surface area contributed by atoms with E-state index in [1.807, 2.05) is 36.4 Å². The first-order chi connectivity index (χ1) is 5.77. The monoisotopic (exact) mass is 238 g/mol. The maximum atomic E-state index is 5.66. The molecule has 2 nitrogen and oxygen atoms in total. The van der Waals surface area contributed by atoms with Crippen LogP contribution in [-0.4, -0.2) is 17.1 Å². The summed E-state index contributed by atoms with van der Waals surface area (Å²) in [6.45, 7) is 0. The van der Waals surface area contributed by atoms with E-state index in [9.17, 15) is 0 Å². The third-order valence-electron chi connectivity index (χ3n) is 1.95. The Hall–Kier alpha value is -1.18. The van der Waals surface area contributed by atoms with E-state index < -0.39 is 0 Å². The third-order valence-corrected chi connectivity index (χ3v) is 1.95. The Kier molecular flexibility index (Phi) is 2.81. The van der Waals surface area contributed by atoms with Gasteiger partial charge >= 0.3 is 0 Å². The molecule has 0 saturated carbocycles. The van der Waals surface area contributed by atoms with Gasteiger partial charge in [0.15, 0.2) is 0 Å². The standard InChI is InChI=1S/C10H10N2.Se/c11-9-5-7-3-1-2-4-8(7)6-10(9)12;/h1-6H,11-12H2;. The van der Waals surface area contributed by atoms with Crippen LogP contribution in [0.15, 0.2) is 36.4 Å². The predicted molar refractivity (Wildman–Crippen MR) is 58.5 cm³/mol. The van der Waals surface area contributed by atoms with Gasteiger partial charge in [-0.15, -0.1) is 0 Å². The Morgan fingerprint density at radius 1 is 0.769 bits per heavy atom. The van der Waals surface area contributed by atoms with Crippen LogP contribution in [0.5, 0.6) is 0 Å². The molecule has 0 aliphatic heterocycles. The van der Waals surface area contributed by atoms with Crippen molar-refractivity contribution in [3.63, 3.8) is 0 Å². The van der Waals surface area contributed by atoms with Gasteiger partial charge in [0, 0.05) is 17.1 Å². The first-order valence-electron chi connectivity index (χ1n) is 3.81. The molecule has 0 unspecified atom stereocenters. The van der Waals surface area contributed by atoms with E-state index >= 15 is 0 Å². The van der Waals surface area contributed by atoms with E-state index in [4.69, 9.17) is 11.5 Å². The van der Waals surface area contributed by atoms with Crippen LogP contribution < -0.4 is 11.5 Å². The van der Waals surface area contributed by atoms with Crippen LogP contribution in [0.3, 0.4) is 0 Å². The number of fused-ring (bicyclic) bond motifs is 1. The summed E-state index contributed by atoms with van der Waals surface area (Å²) < 4.78 is 0. The molecule has 2 aromatic rings. The normalized spacial score (nSPS) is 9.54. The van der Waals surface area contributed by atoms with E-state index in [0.717, 1.165) is 10.8 Å². The Labute approximate surface area is 87.4 Å². The molecule has 0 fully saturated rings. The summed E-state index contributed by atoms with van der Waals surface area (Å²) in [6.07, 6.45) is 0. The average Bonchev–Trinajstić information content (AvgIpc) is 2.07. The number of nitrogens with two attached hydrogens (primary N) is 2. The van der Waals surface area contributed by atoms with E-state index in [1.54, 1.807) is 0 Å². The fourth-order valence-electron chi connectivity index (χ4n) is 1.28. The second-order valence-corrected chi connectivity index (χ2v) is 2.83. The Morgan fingerprint density at radius 2 is 1.15 bits per heavy atom. The molecule has 4 N–H and O–H groups in total. The molecule has 0 atom stereocenters. The number of rotatable bonds is 0. The van der Waals surface area contributed by atoms with Gasteiger partial charge in [-0.1, -0.05) is 24.3 Å². The fraction of sp³-hybridized carbons (Fsp3) is 0. The van der Waals surface area contributed by atoms with Crippen molar-refractivity contribution in [1.82, 2.24) is 0 Å². The quantitative estimate of drug-likeness (QED) is 0.540. The van der Waals surface area contributed by atoms with Gasteiger partial charge in [0.25, 0.3) is 0 Å². The van der Waals surface area contributed by atoms with Crippen molar-refractivity contribution in [3.05, 3.63) is 36.4 Å². The largest absolute Gasteiger partial charge is 0.397 e. The molecule has 0 aliphatic rings. The first-order valence-corrected chi connectivity index (χ1v) is 3.81. The van der Waals surface area contributed by atoms with Crippen LogP contribution in [0.1, 0.15) is 0 Å². The smallest absolute Gasteiger partial charge is 0.0554 e. The third kappa shape index (κ3) is 1.77. The van der Waals surface area contributed by atoms with Crippen molar-refractivity contribution in [2.24, 2.45) is 0 Å². The topological polar surface area (TPSA) is 52.0 Å². The minimum absolute atomic E-state index is 0. The van der Waals surface area contributed by atoms with Crippen LogP contribution in [-0.2, 0) is 0 Å². The van der Waals surface area contributed by atoms with Crippen LogP contribution in [0, 0.1) is 0 Å². The fourth-order valence-corrected chi connectivity index (χ4v) is 1.28. The van der Waals surface area contributed by atoms with E-state index in [-0.39, 0.29) is 17.1 Å². The molecular formula is C10H10N2Se. The number of benzene rings is 2. The molecule has 0 bridgehead atoms. The van der Waals surface area contributed by atoms with Crippen LogP contribution in [0.2, 0.25) is 0 Å². The molecular weight excluding hydrogens is 227 g/mol. The van der Waals surface area contributed by atoms with Crippen LogP contribution in [0.4, 0.5) is 11.4 Å². The van der Waals surface area contributed by atoms with Gasteiger partial charge in [-0.25, -0.2) is 0 Å². The molecule has 66 valence electrons. The second-order valence-electron chi connectivity index (χ2n) is 2.83. The van der Waals surface area contributed by atoms with Crippen molar-refractivity contribution in [3.8, 4) is 0 Å². The summed E-state index contributed by atoms with van der Waals surface area (Å²) >= 11 is 0. The van der Waals surface area contributed by atoms with Crippen molar-refractivity contribution in [2.45, 2.75) is 0 Å². The minimum atomic E-state index is 0. The second kappa shape index (κ2) is 3.69. The SMILES string of the molecule is Nc1cc2ccccc2cc1N.[Se]. The summed E-state index contributed by atoms with van der Waals surface area (Å²) in [5.74, 6) is 0. The molecule has 0 amide bonds. The van der Waals surface area contributed by atoms with Gasteiger partial charge in [-0.3, -0.25) is 0 Å². The molecule has 0 heterocycles. The van der Waals surface area contributed by atoms with Crippen LogP contribution >= 0.6 is 0 Å². The maximum absolute atomic E-state index is 5.66. The number of anilines is 2. The van der Waals surface area contributed by atoms with Gasteiger partial charge in [0.1, 0.15) is 0 Å². The predicted octanol–water partition coefficient (Wildman–Crippen LogP) is 1.62. The molecule has 2 radical (unpaired) electrons. The zero-order valence-electron chi connectivity index (χ0n) is 7.03. The Morgan fingerprint density at radius 3 is 1.54 bits per heavy atom. The Balaban J connectivity index is 0.000000845. The van der Waals surface area contributed by atoms with Gasteiger partial charge in [0.05, 0.1) is 11.4 Å². The molecule has 0 spiro atoms. The summed E-state index contributed by atoms with van der Waals surface area (Å²) in [6, 6.07) is 11.8. The van der Waals surface area contributed by atoms with Gasteiger partial charge in [-0.05, 0) is 22.9 Å². The molecule has 0 aromatic heterocycles. The number of hydrogen-bond acceptors (Lipinski definition) is 2. The van der Waals surface area contributed by atoms with E-state index in [1.165, 1.54) is 0 Å². The number of hydrogen-bond donors (Lipinski definition) is 2. The molecule has 13 heavy (non-hydrogen) atoms. The zero-order chi connectivity index (χ0) is 8.55. The van der Waals surface area contributed by atoms with Gasteiger partial charge in [0.2, 0.25) is 0 Å². The molecule has 2 aromatic carbocycles. The number of nitrogen functional groups attached to an aromatic ring is 2. The zero-order valence-corrected chi connectivity index (χ0v) is 8.74. The van der Waals surface area contributed by atoms with Crippen molar-refractivity contribution >= 4 is 39.2 Å². The molecule has 3 heteroatoms. The van der Waals surface area contributed by atoms with Crippen molar-refractivity contribution in [2.75, 3.05) is 11.5 Å². The van der Waals surface area contributed by atoms with Gasteiger partial charge < -0.3 is 11.5 Å². The summed E-state index contributed by atoms with van der Waals surface area (Å²) in [4.78, 5) is 0. The maximum Gasteiger partial charge on any atom is 0.0554 e. The summed E-state index contributed by atoms with van der Waals surface area (Å²) in [7, 11) is 0. The van der Waals surface area contributed by atoms with Crippen LogP contribution in [0.25, 0.3) is 10.8 Å². The van der Waals surface area contributed by atoms with Gasteiger partial charge in [-0.2, -0.15) is 0 Å². The Bertz CT molecular complexity index is 386. The molecule has 2 rings (SSSR count). The molecule has 0 aliphatic carbocycles. The summed E-state index contributed by atoms with van der Waals surface area (Å²) in [5, 5.41) is 2.26. The van der Waals surface area contributed by atoms with Crippen molar-refractivity contribution < 1.29 is 0 Å². The van der Waals surface area contributed by atoms with E-state index in [2.05, 4.69) is 0 Å². The minimum Gasteiger partial charge on any atom is -0.397 e. The summed E-state index contributed by atoms with van der Waals surface area (Å²) in [5.41, 5.74) is 12.6. The van der Waals surface area contributed by atoms with E-state index in [0.29, 0.717) is 11.4 Å². The van der Waals surface area contributed by atoms with Crippen molar-refractivity contribution in [1.29, 1.82) is 0 Å².